The summed E-state index contributed by atoms with van der Waals surface area (Å²) in [4.78, 5) is 17.0. The van der Waals surface area contributed by atoms with Crippen molar-refractivity contribution in [1.82, 2.24) is 19.7 Å². The highest BCUT2D eigenvalue weighted by atomic mass is 79.9. The zero-order chi connectivity index (χ0) is 13.3. The van der Waals surface area contributed by atoms with Crippen molar-refractivity contribution >= 4 is 21.8 Å². The number of aromatic nitrogens is 3. The van der Waals surface area contributed by atoms with Crippen LogP contribution in [0.15, 0.2) is 29.0 Å². The lowest BCUT2D eigenvalue weighted by atomic mass is 10.4. The Morgan fingerprint density at radius 2 is 2.22 bits per heavy atom. The topological polar surface area (TPSA) is 51.0 Å². The normalized spacial score (nSPS) is 10.4. The fourth-order valence-electron chi connectivity index (χ4n) is 1.36. The van der Waals surface area contributed by atoms with Crippen LogP contribution in [-0.2, 0) is 0 Å². The predicted octanol–water partition coefficient (Wildman–Crippen LogP) is 1.87. The third kappa shape index (κ3) is 2.40. The number of rotatable bonds is 2. The molecule has 0 aliphatic heterocycles. The van der Waals surface area contributed by atoms with E-state index in [0.717, 1.165) is 0 Å². The minimum absolute atomic E-state index is 0.0519. The molecular weight excluding hydrogens is 303 g/mol. The molecule has 0 aliphatic carbocycles. The van der Waals surface area contributed by atoms with Crippen LogP contribution in [0.25, 0.3) is 5.82 Å². The van der Waals surface area contributed by atoms with Crippen LogP contribution < -0.4 is 0 Å². The molecular formula is C11H10BrFN4O. The number of nitrogens with zero attached hydrogens (tertiary/aromatic N) is 4. The van der Waals surface area contributed by atoms with Crippen molar-refractivity contribution in [2.24, 2.45) is 0 Å². The van der Waals surface area contributed by atoms with Crippen molar-refractivity contribution in [2.75, 3.05) is 14.1 Å². The summed E-state index contributed by atoms with van der Waals surface area (Å²) in [5.41, 5.74) is 0.240. The molecule has 0 aliphatic rings. The van der Waals surface area contributed by atoms with Crippen molar-refractivity contribution in [1.29, 1.82) is 0 Å². The van der Waals surface area contributed by atoms with Gasteiger partial charge in [-0.2, -0.15) is 5.10 Å². The summed E-state index contributed by atoms with van der Waals surface area (Å²) in [6.45, 7) is 0. The quantitative estimate of drug-likeness (QED) is 0.850. The third-order valence-corrected chi connectivity index (χ3v) is 2.65. The van der Waals surface area contributed by atoms with E-state index in [0.29, 0.717) is 4.47 Å². The van der Waals surface area contributed by atoms with Gasteiger partial charge in [-0.25, -0.2) is 14.1 Å². The standard InChI is InChI=1S/C11H10BrFN4O/c1-16(2)11(18)9-3-4-17(15-9)10-8(13)5-7(12)6-14-10/h3-6H,1-2H3. The Morgan fingerprint density at radius 1 is 1.50 bits per heavy atom. The number of carbonyl (C=O) groups excluding carboxylic acids is 1. The predicted molar refractivity (Wildman–Crippen MR) is 67.0 cm³/mol. The molecule has 0 bridgehead atoms. The summed E-state index contributed by atoms with van der Waals surface area (Å²) in [5.74, 6) is -0.710. The first kappa shape index (κ1) is 12.7. The zero-order valence-electron chi connectivity index (χ0n) is 9.76. The maximum absolute atomic E-state index is 13.7. The third-order valence-electron chi connectivity index (χ3n) is 2.22. The van der Waals surface area contributed by atoms with Crippen molar-refractivity contribution in [2.45, 2.75) is 0 Å². The Hall–Kier alpha value is -1.76. The second-order valence-electron chi connectivity index (χ2n) is 3.80. The Balaban J connectivity index is 2.38. The molecule has 0 spiro atoms. The number of carbonyl (C=O) groups is 1. The molecule has 1 amide bonds. The molecule has 0 aromatic carbocycles. The average molecular weight is 313 g/mol. The smallest absolute Gasteiger partial charge is 0.273 e. The van der Waals surface area contributed by atoms with Crippen LogP contribution >= 0.6 is 15.9 Å². The lowest BCUT2D eigenvalue weighted by molar-refractivity contribution is 0.0821. The molecule has 7 heteroatoms. The summed E-state index contributed by atoms with van der Waals surface area (Å²) in [7, 11) is 3.25. The molecule has 0 atom stereocenters. The molecule has 2 aromatic heterocycles. The maximum Gasteiger partial charge on any atom is 0.273 e. The number of amides is 1. The molecule has 18 heavy (non-hydrogen) atoms. The fraction of sp³-hybridized carbons (Fsp3) is 0.182. The number of hydrogen-bond donors (Lipinski definition) is 0. The Bertz CT molecular complexity index is 596. The minimum atomic E-state index is -0.517. The fourth-order valence-corrected chi connectivity index (χ4v) is 1.66. The molecule has 5 nitrogen and oxygen atoms in total. The summed E-state index contributed by atoms with van der Waals surface area (Å²) in [6.07, 6.45) is 2.96. The molecule has 2 rings (SSSR count). The van der Waals surface area contributed by atoms with Crippen LogP contribution in [0.3, 0.4) is 0 Å². The van der Waals surface area contributed by atoms with Gasteiger partial charge in [0, 0.05) is 31.0 Å². The minimum Gasteiger partial charge on any atom is -0.343 e. The van der Waals surface area contributed by atoms with Crippen LogP contribution in [0.2, 0.25) is 0 Å². The molecule has 0 N–H and O–H groups in total. The highest BCUT2D eigenvalue weighted by Crippen LogP contribution is 2.15. The zero-order valence-corrected chi connectivity index (χ0v) is 11.3. The van der Waals surface area contributed by atoms with Crippen molar-refractivity contribution in [3.05, 3.63) is 40.5 Å². The van der Waals surface area contributed by atoms with Crippen molar-refractivity contribution < 1.29 is 9.18 Å². The van der Waals surface area contributed by atoms with Gasteiger partial charge in [0.2, 0.25) is 0 Å². The van der Waals surface area contributed by atoms with Crippen LogP contribution in [-0.4, -0.2) is 39.7 Å². The highest BCUT2D eigenvalue weighted by Gasteiger charge is 2.14. The van der Waals surface area contributed by atoms with Crippen molar-refractivity contribution in [3.8, 4) is 5.82 Å². The Morgan fingerprint density at radius 3 is 2.83 bits per heavy atom. The molecule has 2 aromatic rings. The lowest BCUT2D eigenvalue weighted by Gasteiger charge is -2.07. The van der Waals surface area contributed by atoms with Gasteiger partial charge < -0.3 is 4.90 Å². The van der Waals surface area contributed by atoms with Gasteiger partial charge >= 0.3 is 0 Å². The number of hydrogen-bond acceptors (Lipinski definition) is 3. The molecule has 0 unspecified atom stereocenters. The number of halogens is 2. The van der Waals surface area contributed by atoms with Gasteiger partial charge in [0.15, 0.2) is 17.3 Å². The second kappa shape index (κ2) is 4.85. The van der Waals surface area contributed by atoms with E-state index in [9.17, 15) is 9.18 Å². The summed E-state index contributed by atoms with van der Waals surface area (Å²) in [5, 5.41) is 4.00. The van der Waals surface area contributed by atoms with Gasteiger partial charge in [-0.3, -0.25) is 4.79 Å². The van der Waals surface area contributed by atoms with E-state index < -0.39 is 5.82 Å². The van der Waals surface area contributed by atoms with E-state index in [1.165, 1.54) is 34.1 Å². The molecule has 0 radical (unpaired) electrons. The van der Waals surface area contributed by atoms with Gasteiger partial charge in [-0.15, -0.1) is 0 Å². The summed E-state index contributed by atoms with van der Waals surface area (Å²) in [6, 6.07) is 2.81. The first-order valence-electron chi connectivity index (χ1n) is 5.08. The molecule has 2 heterocycles. The van der Waals surface area contributed by atoms with E-state index in [4.69, 9.17) is 0 Å². The molecule has 0 saturated heterocycles. The van der Waals surface area contributed by atoms with Gasteiger partial charge in [-0.05, 0) is 28.1 Å². The summed E-state index contributed by atoms with van der Waals surface area (Å²) >= 11 is 3.12. The van der Waals surface area contributed by atoms with Crippen LogP contribution in [0.1, 0.15) is 10.5 Å². The van der Waals surface area contributed by atoms with E-state index in [1.54, 1.807) is 14.1 Å². The van der Waals surface area contributed by atoms with Gasteiger partial charge in [-0.1, -0.05) is 0 Å². The van der Waals surface area contributed by atoms with Crippen LogP contribution in [0, 0.1) is 5.82 Å². The van der Waals surface area contributed by atoms with E-state index in [1.807, 2.05) is 0 Å². The molecule has 0 fully saturated rings. The highest BCUT2D eigenvalue weighted by molar-refractivity contribution is 9.10. The van der Waals surface area contributed by atoms with E-state index in [2.05, 4.69) is 26.0 Å². The van der Waals surface area contributed by atoms with Gasteiger partial charge in [0.1, 0.15) is 0 Å². The number of pyridine rings is 1. The van der Waals surface area contributed by atoms with Gasteiger partial charge in [0.25, 0.3) is 5.91 Å². The first-order chi connectivity index (χ1) is 8.49. The van der Waals surface area contributed by atoms with Crippen molar-refractivity contribution in [3.63, 3.8) is 0 Å². The SMILES string of the molecule is CN(C)C(=O)c1ccn(-c2ncc(Br)cc2F)n1. The Labute approximate surface area is 111 Å². The molecule has 94 valence electrons. The monoisotopic (exact) mass is 312 g/mol. The van der Waals surface area contributed by atoms with E-state index >= 15 is 0 Å². The van der Waals surface area contributed by atoms with Gasteiger partial charge in [0.05, 0.1) is 0 Å². The Kier molecular flexibility index (Phi) is 3.42. The molecule has 0 saturated carbocycles. The maximum atomic E-state index is 13.7. The lowest BCUT2D eigenvalue weighted by Crippen LogP contribution is -2.22. The van der Waals surface area contributed by atoms with E-state index in [-0.39, 0.29) is 17.4 Å². The largest absolute Gasteiger partial charge is 0.343 e. The average Bonchev–Trinajstić information content (AvgIpc) is 2.77. The first-order valence-corrected chi connectivity index (χ1v) is 5.87. The summed E-state index contributed by atoms with van der Waals surface area (Å²) < 4.78 is 15.4. The van der Waals surface area contributed by atoms with Crippen LogP contribution in [0.5, 0.6) is 0 Å². The van der Waals surface area contributed by atoms with Crippen LogP contribution in [0.4, 0.5) is 4.39 Å². The second-order valence-corrected chi connectivity index (χ2v) is 4.72.